The van der Waals surface area contributed by atoms with E-state index in [2.05, 4.69) is 33.0 Å². The first kappa shape index (κ1) is 19.7. The first-order valence-corrected chi connectivity index (χ1v) is 8.61. The number of ether oxygens (including phenoxy) is 2. The standard InChI is InChI=1S/C15H31NO3S/c1-5-20-13-6-14(17)16-8-10-19-12-11-18-9-7-15(2,3)4/h5-13H2,1-4H3,(H,16,17). The fraction of sp³-hybridized carbons (Fsp3) is 0.933. The zero-order valence-electron chi connectivity index (χ0n) is 13.5. The molecule has 0 atom stereocenters. The molecule has 120 valence electrons. The van der Waals surface area contributed by atoms with Crippen molar-refractivity contribution in [1.29, 1.82) is 0 Å². The summed E-state index contributed by atoms with van der Waals surface area (Å²) in [6.45, 7) is 11.8. The molecule has 0 aromatic carbocycles. The third-order valence-corrected chi connectivity index (χ3v) is 3.52. The highest BCUT2D eigenvalue weighted by Crippen LogP contribution is 2.17. The third kappa shape index (κ3) is 15.8. The molecule has 0 heterocycles. The Morgan fingerprint density at radius 2 is 1.75 bits per heavy atom. The van der Waals surface area contributed by atoms with Gasteiger partial charge in [0.05, 0.1) is 19.8 Å². The van der Waals surface area contributed by atoms with Crippen LogP contribution in [0.25, 0.3) is 0 Å². The predicted octanol–water partition coefficient (Wildman–Crippen LogP) is 2.72. The van der Waals surface area contributed by atoms with Crippen molar-refractivity contribution in [2.45, 2.75) is 40.5 Å². The summed E-state index contributed by atoms with van der Waals surface area (Å²) in [5, 5.41) is 2.85. The number of thioether (sulfide) groups is 1. The Balaban J connectivity index is 3.18. The molecule has 0 fully saturated rings. The largest absolute Gasteiger partial charge is 0.379 e. The van der Waals surface area contributed by atoms with Crippen molar-refractivity contribution in [3.05, 3.63) is 0 Å². The number of amides is 1. The number of hydrogen-bond acceptors (Lipinski definition) is 4. The van der Waals surface area contributed by atoms with Crippen LogP contribution in [-0.4, -0.2) is 50.4 Å². The van der Waals surface area contributed by atoms with E-state index in [0.717, 1.165) is 24.5 Å². The summed E-state index contributed by atoms with van der Waals surface area (Å²) < 4.78 is 10.9. The van der Waals surface area contributed by atoms with Gasteiger partial charge in [-0.2, -0.15) is 11.8 Å². The van der Waals surface area contributed by atoms with Crippen LogP contribution in [-0.2, 0) is 14.3 Å². The molecule has 0 radical (unpaired) electrons. The van der Waals surface area contributed by atoms with Crippen LogP contribution in [0.3, 0.4) is 0 Å². The van der Waals surface area contributed by atoms with Gasteiger partial charge < -0.3 is 14.8 Å². The van der Waals surface area contributed by atoms with Crippen molar-refractivity contribution in [2.24, 2.45) is 5.41 Å². The Bertz CT molecular complexity index is 242. The van der Waals surface area contributed by atoms with E-state index in [1.165, 1.54) is 0 Å². The average molecular weight is 305 g/mol. The molecule has 0 aliphatic rings. The first-order valence-electron chi connectivity index (χ1n) is 7.45. The molecule has 0 spiro atoms. The van der Waals surface area contributed by atoms with Gasteiger partial charge in [0.2, 0.25) is 5.91 Å². The maximum atomic E-state index is 11.4. The predicted molar refractivity (Wildman–Crippen MR) is 86.3 cm³/mol. The van der Waals surface area contributed by atoms with Crippen molar-refractivity contribution >= 4 is 17.7 Å². The molecular formula is C15H31NO3S. The van der Waals surface area contributed by atoms with Gasteiger partial charge in [0.25, 0.3) is 0 Å². The molecule has 0 aromatic heterocycles. The fourth-order valence-corrected chi connectivity index (χ4v) is 1.98. The molecule has 4 nitrogen and oxygen atoms in total. The van der Waals surface area contributed by atoms with Crippen LogP contribution in [0.4, 0.5) is 0 Å². The van der Waals surface area contributed by atoms with Crippen molar-refractivity contribution in [3.63, 3.8) is 0 Å². The van der Waals surface area contributed by atoms with Crippen molar-refractivity contribution in [1.82, 2.24) is 5.32 Å². The monoisotopic (exact) mass is 305 g/mol. The van der Waals surface area contributed by atoms with Gasteiger partial charge in [0.15, 0.2) is 0 Å². The number of carbonyl (C=O) groups excluding carboxylic acids is 1. The summed E-state index contributed by atoms with van der Waals surface area (Å²) in [5.74, 6) is 2.06. The second-order valence-electron chi connectivity index (χ2n) is 5.83. The van der Waals surface area contributed by atoms with Crippen molar-refractivity contribution < 1.29 is 14.3 Å². The van der Waals surface area contributed by atoms with Crippen molar-refractivity contribution in [2.75, 3.05) is 44.5 Å². The Morgan fingerprint density at radius 3 is 2.35 bits per heavy atom. The third-order valence-electron chi connectivity index (χ3n) is 2.61. The minimum absolute atomic E-state index is 0.107. The SMILES string of the molecule is CCSCCC(=O)NCCOCCOCCC(C)(C)C. The molecule has 0 rings (SSSR count). The second-order valence-corrected chi connectivity index (χ2v) is 7.23. The van der Waals surface area contributed by atoms with E-state index in [4.69, 9.17) is 9.47 Å². The summed E-state index contributed by atoms with van der Waals surface area (Å²) in [6, 6.07) is 0. The van der Waals surface area contributed by atoms with E-state index in [1.807, 2.05) is 0 Å². The molecular weight excluding hydrogens is 274 g/mol. The minimum Gasteiger partial charge on any atom is -0.379 e. The Hall–Kier alpha value is -0.260. The van der Waals surface area contributed by atoms with Gasteiger partial charge in [-0.3, -0.25) is 4.79 Å². The minimum atomic E-state index is 0.107. The van der Waals surface area contributed by atoms with Crippen molar-refractivity contribution in [3.8, 4) is 0 Å². The number of nitrogens with one attached hydrogen (secondary N) is 1. The number of rotatable bonds is 12. The molecule has 0 aromatic rings. The Labute approximate surface area is 128 Å². The molecule has 0 aliphatic carbocycles. The van der Waals surface area contributed by atoms with Gasteiger partial charge in [0, 0.05) is 25.3 Å². The van der Waals surface area contributed by atoms with Crippen LogP contribution in [0.1, 0.15) is 40.5 Å². The van der Waals surface area contributed by atoms with Gasteiger partial charge in [-0.1, -0.05) is 27.7 Å². The van der Waals surface area contributed by atoms with Crippen LogP contribution >= 0.6 is 11.8 Å². The molecule has 1 N–H and O–H groups in total. The second kappa shape index (κ2) is 12.5. The van der Waals surface area contributed by atoms with E-state index in [9.17, 15) is 4.79 Å². The lowest BCUT2D eigenvalue weighted by Crippen LogP contribution is -2.27. The van der Waals surface area contributed by atoms with Gasteiger partial charge in [0.1, 0.15) is 0 Å². The molecule has 0 unspecified atom stereocenters. The smallest absolute Gasteiger partial charge is 0.220 e. The zero-order valence-corrected chi connectivity index (χ0v) is 14.3. The van der Waals surface area contributed by atoms with E-state index in [1.54, 1.807) is 11.8 Å². The lowest BCUT2D eigenvalue weighted by Gasteiger charge is -2.17. The van der Waals surface area contributed by atoms with Crippen LogP contribution in [0.2, 0.25) is 0 Å². The average Bonchev–Trinajstić information content (AvgIpc) is 2.36. The van der Waals surface area contributed by atoms with Crippen LogP contribution < -0.4 is 5.32 Å². The molecule has 0 saturated heterocycles. The number of carbonyl (C=O) groups is 1. The highest BCUT2D eigenvalue weighted by atomic mass is 32.2. The van der Waals surface area contributed by atoms with Crippen LogP contribution in [0.5, 0.6) is 0 Å². The Kier molecular flexibility index (Phi) is 12.3. The molecule has 0 aliphatic heterocycles. The van der Waals surface area contributed by atoms with E-state index in [-0.39, 0.29) is 5.91 Å². The van der Waals surface area contributed by atoms with Gasteiger partial charge in [-0.25, -0.2) is 0 Å². The van der Waals surface area contributed by atoms with E-state index < -0.39 is 0 Å². The van der Waals surface area contributed by atoms with Crippen LogP contribution in [0, 0.1) is 5.41 Å². The van der Waals surface area contributed by atoms with Gasteiger partial charge in [-0.05, 0) is 17.6 Å². The molecule has 0 bridgehead atoms. The molecule has 5 heteroatoms. The summed E-state index contributed by atoms with van der Waals surface area (Å²) in [7, 11) is 0. The van der Waals surface area contributed by atoms with E-state index >= 15 is 0 Å². The lowest BCUT2D eigenvalue weighted by atomic mass is 9.93. The lowest BCUT2D eigenvalue weighted by molar-refractivity contribution is -0.120. The maximum absolute atomic E-state index is 11.4. The summed E-state index contributed by atoms with van der Waals surface area (Å²) >= 11 is 1.78. The quantitative estimate of drug-likeness (QED) is 0.563. The molecule has 0 saturated carbocycles. The van der Waals surface area contributed by atoms with Crippen LogP contribution in [0.15, 0.2) is 0 Å². The summed E-state index contributed by atoms with van der Waals surface area (Å²) in [4.78, 5) is 11.4. The summed E-state index contributed by atoms with van der Waals surface area (Å²) in [6.07, 6.45) is 1.65. The van der Waals surface area contributed by atoms with Gasteiger partial charge in [-0.15, -0.1) is 0 Å². The fourth-order valence-electron chi connectivity index (χ4n) is 1.36. The number of hydrogen-bond donors (Lipinski definition) is 1. The Morgan fingerprint density at radius 1 is 1.10 bits per heavy atom. The molecule has 1 amide bonds. The highest BCUT2D eigenvalue weighted by molar-refractivity contribution is 7.99. The topological polar surface area (TPSA) is 47.6 Å². The normalized spacial score (nSPS) is 11.6. The van der Waals surface area contributed by atoms with E-state index in [0.29, 0.717) is 38.2 Å². The summed E-state index contributed by atoms with van der Waals surface area (Å²) in [5.41, 5.74) is 0.321. The first-order chi connectivity index (χ1) is 9.45. The van der Waals surface area contributed by atoms with Gasteiger partial charge >= 0.3 is 0 Å². The molecule has 20 heavy (non-hydrogen) atoms. The maximum Gasteiger partial charge on any atom is 0.220 e. The zero-order chi connectivity index (χ0) is 15.3. The highest BCUT2D eigenvalue weighted by Gasteiger charge is 2.08.